The van der Waals surface area contributed by atoms with Crippen LogP contribution in [0.1, 0.15) is 31.5 Å². The van der Waals surface area contributed by atoms with Gasteiger partial charge in [-0.05, 0) is 35.8 Å². The molecule has 1 rings (SSSR count). The van der Waals surface area contributed by atoms with E-state index >= 15 is 0 Å². The molecule has 1 aromatic rings. The fraction of sp³-hybridized carbons (Fsp3) is 0.545. The van der Waals surface area contributed by atoms with Crippen LogP contribution in [0.2, 0.25) is 0 Å². The van der Waals surface area contributed by atoms with Crippen LogP contribution in [0, 0.1) is 0 Å². The van der Waals surface area contributed by atoms with Gasteiger partial charge in [-0.1, -0.05) is 13.0 Å². The summed E-state index contributed by atoms with van der Waals surface area (Å²) in [4.78, 5) is 0. The lowest BCUT2D eigenvalue weighted by Gasteiger charge is -2.16. The Balaban J connectivity index is 2.96. The van der Waals surface area contributed by atoms with Crippen molar-refractivity contribution in [3.8, 4) is 0 Å². The smallest absolute Gasteiger partial charge is 0.0698 e. The molecule has 1 N–H and O–H groups in total. The van der Waals surface area contributed by atoms with E-state index in [1.165, 1.54) is 5.69 Å². The van der Waals surface area contributed by atoms with Crippen LogP contribution >= 0.6 is 15.9 Å². The van der Waals surface area contributed by atoms with Crippen molar-refractivity contribution in [1.82, 2.24) is 15.1 Å². The molecule has 0 amide bonds. The fourth-order valence-corrected chi connectivity index (χ4v) is 2.21. The number of rotatable bonds is 6. The van der Waals surface area contributed by atoms with E-state index in [1.54, 1.807) is 0 Å². The Labute approximate surface area is 99.7 Å². The maximum absolute atomic E-state index is 4.35. The van der Waals surface area contributed by atoms with Gasteiger partial charge in [-0.2, -0.15) is 5.10 Å². The van der Waals surface area contributed by atoms with Crippen molar-refractivity contribution in [1.29, 1.82) is 0 Å². The van der Waals surface area contributed by atoms with Crippen molar-refractivity contribution >= 4 is 15.9 Å². The summed E-state index contributed by atoms with van der Waals surface area (Å²) in [6, 6.07) is 0.283. The zero-order valence-corrected chi connectivity index (χ0v) is 10.9. The Morgan fingerprint density at radius 3 is 3.00 bits per heavy atom. The van der Waals surface area contributed by atoms with E-state index in [0.29, 0.717) is 0 Å². The van der Waals surface area contributed by atoms with Gasteiger partial charge in [0.05, 0.1) is 22.4 Å². The van der Waals surface area contributed by atoms with Crippen molar-refractivity contribution in [3.63, 3.8) is 0 Å². The molecule has 3 nitrogen and oxygen atoms in total. The number of halogens is 1. The molecule has 1 heterocycles. The van der Waals surface area contributed by atoms with Gasteiger partial charge < -0.3 is 5.32 Å². The zero-order chi connectivity index (χ0) is 11.3. The van der Waals surface area contributed by atoms with E-state index in [0.717, 1.165) is 23.9 Å². The van der Waals surface area contributed by atoms with Gasteiger partial charge in [-0.25, -0.2) is 0 Å². The normalized spacial score (nSPS) is 12.7. The van der Waals surface area contributed by atoms with Crippen molar-refractivity contribution < 1.29 is 0 Å². The lowest BCUT2D eigenvalue weighted by molar-refractivity contribution is 0.500. The standard InChI is InChI=1S/C11H18BrN3/c1-4-6-10(13-3)11-9(12)8-14-15(11)7-5-2/h4,8,10,13H,1,5-7H2,2-3H3. The molecule has 1 aromatic heterocycles. The first-order valence-electron chi connectivity index (χ1n) is 5.23. The van der Waals surface area contributed by atoms with E-state index in [4.69, 9.17) is 0 Å². The van der Waals surface area contributed by atoms with Crippen LogP contribution in [0.3, 0.4) is 0 Å². The number of hydrogen-bond acceptors (Lipinski definition) is 2. The molecular formula is C11H18BrN3. The predicted molar refractivity (Wildman–Crippen MR) is 66.8 cm³/mol. The molecule has 0 aromatic carbocycles. The Morgan fingerprint density at radius 1 is 1.73 bits per heavy atom. The van der Waals surface area contributed by atoms with E-state index in [-0.39, 0.29) is 6.04 Å². The number of aromatic nitrogens is 2. The van der Waals surface area contributed by atoms with Crippen LogP contribution in [0.5, 0.6) is 0 Å². The Kier molecular flexibility index (Phi) is 5.05. The molecular weight excluding hydrogens is 254 g/mol. The number of hydrogen-bond donors (Lipinski definition) is 1. The summed E-state index contributed by atoms with van der Waals surface area (Å²) >= 11 is 3.54. The molecule has 4 heteroatoms. The van der Waals surface area contributed by atoms with Gasteiger partial charge in [-0.3, -0.25) is 4.68 Å². The van der Waals surface area contributed by atoms with E-state index in [1.807, 2.05) is 19.3 Å². The van der Waals surface area contributed by atoms with Crippen LogP contribution in [0.4, 0.5) is 0 Å². The van der Waals surface area contributed by atoms with Gasteiger partial charge in [0.25, 0.3) is 0 Å². The first-order chi connectivity index (χ1) is 7.24. The van der Waals surface area contributed by atoms with Gasteiger partial charge in [0, 0.05) is 6.54 Å². The second kappa shape index (κ2) is 6.08. The van der Waals surface area contributed by atoms with Gasteiger partial charge in [0.1, 0.15) is 0 Å². The third kappa shape index (κ3) is 2.92. The van der Waals surface area contributed by atoms with Crippen molar-refractivity contribution in [2.45, 2.75) is 32.4 Å². The van der Waals surface area contributed by atoms with Gasteiger partial charge in [-0.15, -0.1) is 6.58 Å². The molecule has 0 spiro atoms. The Hall–Kier alpha value is -0.610. The van der Waals surface area contributed by atoms with Gasteiger partial charge in [0.15, 0.2) is 0 Å². The summed E-state index contributed by atoms with van der Waals surface area (Å²) in [6.07, 6.45) is 5.78. The number of nitrogens with zero attached hydrogens (tertiary/aromatic N) is 2. The first kappa shape index (κ1) is 12.5. The summed E-state index contributed by atoms with van der Waals surface area (Å²) in [5.74, 6) is 0. The third-order valence-corrected chi connectivity index (χ3v) is 2.96. The fourth-order valence-electron chi connectivity index (χ4n) is 1.64. The molecule has 15 heavy (non-hydrogen) atoms. The van der Waals surface area contributed by atoms with Crippen LogP contribution in [-0.2, 0) is 6.54 Å². The van der Waals surface area contributed by atoms with Crippen molar-refractivity contribution in [2.75, 3.05) is 7.05 Å². The molecule has 0 aliphatic rings. The summed E-state index contributed by atoms with van der Waals surface area (Å²) in [7, 11) is 1.96. The van der Waals surface area contributed by atoms with E-state index < -0.39 is 0 Å². The minimum absolute atomic E-state index is 0.283. The molecule has 0 bridgehead atoms. The number of nitrogens with one attached hydrogen (secondary N) is 1. The van der Waals surface area contributed by atoms with Crippen molar-refractivity contribution in [3.05, 3.63) is 29.0 Å². The average Bonchev–Trinajstić information content (AvgIpc) is 2.58. The summed E-state index contributed by atoms with van der Waals surface area (Å²) in [6.45, 7) is 6.89. The molecule has 0 aliphatic carbocycles. The van der Waals surface area contributed by atoms with Crippen LogP contribution in [0.15, 0.2) is 23.3 Å². The summed E-state index contributed by atoms with van der Waals surface area (Å²) < 4.78 is 3.12. The van der Waals surface area contributed by atoms with Gasteiger partial charge in [0.2, 0.25) is 0 Å². The maximum atomic E-state index is 4.35. The average molecular weight is 272 g/mol. The Bertz CT molecular complexity index is 320. The quantitative estimate of drug-likeness (QED) is 0.807. The highest BCUT2D eigenvalue weighted by atomic mass is 79.9. The molecule has 84 valence electrons. The second-order valence-electron chi connectivity index (χ2n) is 3.47. The largest absolute Gasteiger partial charge is 0.311 e. The highest BCUT2D eigenvalue weighted by Crippen LogP contribution is 2.25. The lowest BCUT2D eigenvalue weighted by Crippen LogP contribution is -2.20. The number of aryl methyl sites for hydroxylation is 1. The molecule has 0 radical (unpaired) electrons. The van der Waals surface area contributed by atoms with Crippen molar-refractivity contribution in [2.24, 2.45) is 0 Å². The molecule has 1 unspecified atom stereocenters. The van der Waals surface area contributed by atoms with E-state index in [9.17, 15) is 0 Å². The molecule has 0 saturated carbocycles. The minimum atomic E-state index is 0.283. The Morgan fingerprint density at radius 2 is 2.47 bits per heavy atom. The van der Waals surface area contributed by atoms with Crippen LogP contribution in [-0.4, -0.2) is 16.8 Å². The maximum Gasteiger partial charge on any atom is 0.0698 e. The lowest BCUT2D eigenvalue weighted by atomic mass is 10.1. The van der Waals surface area contributed by atoms with Crippen LogP contribution in [0.25, 0.3) is 0 Å². The second-order valence-corrected chi connectivity index (χ2v) is 4.32. The van der Waals surface area contributed by atoms with Crippen LogP contribution < -0.4 is 5.32 Å². The predicted octanol–water partition coefficient (Wildman–Crippen LogP) is 2.89. The molecule has 1 atom stereocenters. The minimum Gasteiger partial charge on any atom is -0.311 e. The zero-order valence-electron chi connectivity index (χ0n) is 9.33. The highest BCUT2D eigenvalue weighted by molar-refractivity contribution is 9.10. The third-order valence-electron chi connectivity index (χ3n) is 2.35. The molecule has 0 saturated heterocycles. The van der Waals surface area contributed by atoms with Gasteiger partial charge >= 0.3 is 0 Å². The molecule has 0 fully saturated rings. The summed E-state index contributed by atoms with van der Waals surface area (Å²) in [5.41, 5.74) is 1.21. The topological polar surface area (TPSA) is 29.9 Å². The monoisotopic (exact) mass is 271 g/mol. The molecule has 0 aliphatic heterocycles. The first-order valence-corrected chi connectivity index (χ1v) is 6.03. The highest BCUT2D eigenvalue weighted by Gasteiger charge is 2.16. The van der Waals surface area contributed by atoms with E-state index in [2.05, 4.69) is 44.5 Å². The SMILES string of the molecule is C=CCC(NC)c1c(Br)cnn1CCC. The summed E-state index contributed by atoms with van der Waals surface area (Å²) in [5, 5.41) is 7.63.